The number of nitrogens with zero attached hydrogens (tertiary/aromatic N) is 1. The number of carboxylic acids is 2. The van der Waals surface area contributed by atoms with Crippen molar-refractivity contribution in [2.75, 3.05) is 25.2 Å². The Balaban J connectivity index is 1.54. The quantitative estimate of drug-likeness (QED) is 0.196. The number of rotatable bonds is 10. The van der Waals surface area contributed by atoms with Gasteiger partial charge in [-0.15, -0.1) is 0 Å². The van der Waals surface area contributed by atoms with Gasteiger partial charge in [0, 0.05) is 25.3 Å². The molecule has 1 aliphatic heterocycles. The number of ether oxygens (including phenoxy) is 2. The van der Waals surface area contributed by atoms with Gasteiger partial charge in [0.1, 0.15) is 18.4 Å². The van der Waals surface area contributed by atoms with Crippen LogP contribution in [0.1, 0.15) is 59.3 Å². The van der Waals surface area contributed by atoms with E-state index in [1.54, 1.807) is 31.4 Å². The van der Waals surface area contributed by atoms with Gasteiger partial charge >= 0.3 is 11.9 Å². The zero-order chi connectivity index (χ0) is 30.7. The van der Waals surface area contributed by atoms with Crippen molar-refractivity contribution in [3.05, 3.63) is 119 Å². The van der Waals surface area contributed by atoms with Gasteiger partial charge in [0.2, 0.25) is 0 Å². The van der Waals surface area contributed by atoms with E-state index in [0.29, 0.717) is 25.5 Å². The molecule has 4 aromatic rings. The maximum absolute atomic E-state index is 13.0. The summed E-state index contributed by atoms with van der Waals surface area (Å²) < 4.78 is 11.2. The van der Waals surface area contributed by atoms with Crippen molar-refractivity contribution in [1.29, 1.82) is 0 Å². The van der Waals surface area contributed by atoms with E-state index in [4.69, 9.17) is 9.47 Å². The molecule has 5 rings (SSSR count). The number of aliphatic carboxylic acids is 1. The minimum absolute atomic E-state index is 0.00760. The highest BCUT2D eigenvalue weighted by Gasteiger charge is 2.43. The van der Waals surface area contributed by atoms with Crippen LogP contribution in [-0.2, 0) is 21.5 Å². The Labute approximate surface area is 252 Å². The summed E-state index contributed by atoms with van der Waals surface area (Å²) in [4.78, 5) is 26.3. The van der Waals surface area contributed by atoms with Crippen molar-refractivity contribution in [3.8, 4) is 16.9 Å². The second kappa shape index (κ2) is 12.3. The number of hydrogen-bond donors (Lipinski definition) is 2. The van der Waals surface area contributed by atoms with Gasteiger partial charge in [-0.1, -0.05) is 75.4 Å². The standard InChI is InChI=1S/C36H37NO6/c1-36(2,3)28-15-13-25(14-16-28)32-30-7-5-6-8-31(30)37(33(32)35(40)41)22-23-19-27(21-29(20-23)43-18-17-42-4)24-9-11-26(12-10-24)34(38)39/h5-16,19-21,32-33H,17-18,22H2,1-4H3,(H,38,39)(H,40,41). The van der Waals surface area contributed by atoms with Gasteiger partial charge in [-0.2, -0.15) is 0 Å². The van der Waals surface area contributed by atoms with Crippen LogP contribution in [0.25, 0.3) is 11.1 Å². The number of benzene rings is 4. The first-order valence-corrected chi connectivity index (χ1v) is 14.3. The van der Waals surface area contributed by atoms with E-state index in [-0.39, 0.29) is 16.9 Å². The smallest absolute Gasteiger partial charge is 0.335 e. The summed E-state index contributed by atoms with van der Waals surface area (Å²) in [5.74, 6) is -1.59. The molecule has 222 valence electrons. The van der Waals surface area contributed by atoms with Crippen molar-refractivity contribution in [2.24, 2.45) is 0 Å². The Kier molecular flexibility index (Phi) is 8.55. The van der Waals surface area contributed by atoms with Crippen molar-refractivity contribution in [1.82, 2.24) is 0 Å². The van der Waals surface area contributed by atoms with Crippen LogP contribution in [0.3, 0.4) is 0 Å². The van der Waals surface area contributed by atoms with E-state index in [1.165, 1.54) is 5.56 Å². The maximum atomic E-state index is 13.0. The zero-order valence-electron chi connectivity index (χ0n) is 24.9. The molecule has 0 spiro atoms. The average Bonchev–Trinajstić information content (AvgIpc) is 3.31. The highest BCUT2D eigenvalue weighted by atomic mass is 16.5. The SMILES string of the molecule is COCCOc1cc(CN2c3ccccc3C(c3ccc(C(C)(C)C)cc3)C2C(=O)O)cc(-c2ccc(C(=O)O)cc2)c1. The third-order valence-electron chi connectivity index (χ3n) is 7.96. The fourth-order valence-electron chi connectivity index (χ4n) is 5.77. The molecule has 0 fully saturated rings. The van der Waals surface area contributed by atoms with Gasteiger partial charge in [-0.05, 0) is 75.2 Å². The lowest BCUT2D eigenvalue weighted by Gasteiger charge is -2.28. The first kappa shape index (κ1) is 29.9. The second-order valence-corrected chi connectivity index (χ2v) is 11.9. The molecule has 0 aromatic heterocycles. The highest BCUT2D eigenvalue weighted by molar-refractivity contribution is 5.88. The minimum atomic E-state index is -0.987. The van der Waals surface area contributed by atoms with Crippen molar-refractivity contribution in [2.45, 2.75) is 44.7 Å². The summed E-state index contributed by atoms with van der Waals surface area (Å²) in [6.45, 7) is 7.60. The first-order valence-electron chi connectivity index (χ1n) is 14.3. The van der Waals surface area contributed by atoms with Crippen LogP contribution in [0.5, 0.6) is 5.75 Å². The van der Waals surface area contributed by atoms with Gasteiger partial charge in [0.25, 0.3) is 0 Å². The van der Waals surface area contributed by atoms with Crippen LogP contribution >= 0.6 is 0 Å². The Hall–Kier alpha value is -4.62. The number of carbonyl (C=O) groups is 2. The summed E-state index contributed by atoms with van der Waals surface area (Å²) in [5, 5.41) is 20.0. The summed E-state index contributed by atoms with van der Waals surface area (Å²) in [7, 11) is 1.61. The first-order chi connectivity index (χ1) is 20.6. The summed E-state index contributed by atoms with van der Waals surface area (Å²) in [6.07, 6.45) is 0. The molecule has 1 heterocycles. The lowest BCUT2D eigenvalue weighted by atomic mass is 9.83. The molecule has 2 unspecified atom stereocenters. The van der Waals surface area contributed by atoms with E-state index in [0.717, 1.165) is 33.5 Å². The number of hydrogen-bond acceptors (Lipinski definition) is 5. The lowest BCUT2D eigenvalue weighted by molar-refractivity contribution is -0.138. The molecule has 0 amide bonds. The van der Waals surface area contributed by atoms with Gasteiger partial charge < -0.3 is 24.6 Å². The Morgan fingerprint density at radius 2 is 1.53 bits per heavy atom. The molecule has 43 heavy (non-hydrogen) atoms. The summed E-state index contributed by atoms with van der Waals surface area (Å²) >= 11 is 0. The molecule has 7 nitrogen and oxygen atoms in total. The number of fused-ring (bicyclic) bond motifs is 1. The molecule has 0 saturated carbocycles. The Bertz CT molecular complexity index is 1600. The molecule has 0 bridgehead atoms. The third-order valence-corrected chi connectivity index (χ3v) is 7.96. The molecule has 7 heteroatoms. The maximum Gasteiger partial charge on any atom is 0.335 e. The largest absolute Gasteiger partial charge is 0.491 e. The fourth-order valence-corrected chi connectivity index (χ4v) is 5.77. The van der Waals surface area contributed by atoms with Gasteiger partial charge in [0.15, 0.2) is 0 Å². The van der Waals surface area contributed by atoms with E-state index in [2.05, 4.69) is 45.0 Å². The van der Waals surface area contributed by atoms with E-state index in [1.807, 2.05) is 47.4 Å². The summed E-state index contributed by atoms with van der Waals surface area (Å²) in [5.41, 5.74) is 6.77. The summed E-state index contributed by atoms with van der Waals surface area (Å²) in [6, 6.07) is 27.9. The molecule has 2 N–H and O–H groups in total. The molecular formula is C36H37NO6. The lowest BCUT2D eigenvalue weighted by Crippen LogP contribution is -2.40. The zero-order valence-corrected chi connectivity index (χ0v) is 24.9. The molecule has 2 atom stereocenters. The van der Waals surface area contributed by atoms with Gasteiger partial charge in [-0.25, -0.2) is 9.59 Å². The van der Waals surface area contributed by atoms with Crippen LogP contribution < -0.4 is 9.64 Å². The molecule has 4 aromatic carbocycles. The van der Waals surface area contributed by atoms with Gasteiger partial charge in [-0.3, -0.25) is 0 Å². The van der Waals surface area contributed by atoms with Crippen LogP contribution in [0.4, 0.5) is 5.69 Å². The number of anilines is 1. The van der Waals surface area contributed by atoms with Crippen LogP contribution in [0, 0.1) is 0 Å². The Morgan fingerprint density at radius 3 is 2.16 bits per heavy atom. The average molecular weight is 580 g/mol. The van der Waals surface area contributed by atoms with E-state index >= 15 is 0 Å². The molecule has 0 saturated heterocycles. The van der Waals surface area contributed by atoms with Crippen molar-refractivity contribution < 1.29 is 29.3 Å². The van der Waals surface area contributed by atoms with Crippen molar-refractivity contribution >= 4 is 17.6 Å². The highest BCUT2D eigenvalue weighted by Crippen LogP contribution is 2.46. The predicted octanol–water partition coefficient (Wildman–Crippen LogP) is 6.98. The number of methoxy groups -OCH3 is 1. The third kappa shape index (κ3) is 6.42. The normalized spacial score (nSPS) is 16.1. The van der Waals surface area contributed by atoms with Gasteiger partial charge in [0.05, 0.1) is 12.2 Å². The van der Waals surface area contributed by atoms with Crippen LogP contribution in [-0.4, -0.2) is 48.5 Å². The number of para-hydroxylation sites is 1. The molecular weight excluding hydrogens is 542 g/mol. The monoisotopic (exact) mass is 579 g/mol. The number of carboxylic acid groups (broad SMARTS) is 2. The topological polar surface area (TPSA) is 96.3 Å². The fraction of sp³-hybridized carbons (Fsp3) is 0.278. The molecule has 0 aliphatic carbocycles. The molecule has 1 aliphatic rings. The molecule has 0 radical (unpaired) electrons. The van der Waals surface area contributed by atoms with E-state index in [9.17, 15) is 19.8 Å². The van der Waals surface area contributed by atoms with E-state index < -0.39 is 18.0 Å². The Morgan fingerprint density at radius 1 is 0.837 bits per heavy atom. The minimum Gasteiger partial charge on any atom is -0.491 e. The number of aromatic carboxylic acids is 1. The van der Waals surface area contributed by atoms with Crippen LogP contribution in [0.15, 0.2) is 91.0 Å². The predicted molar refractivity (Wildman–Crippen MR) is 167 cm³/mol. The second-order valence-electron chi connectivity index (χ2n) is 11.9. The van der Waals surface area contributed by atoms with Crippen molar-refractivity contribution in [3.63, 3.8) is 0 Å². The van der Waals surface area contributed by atoms with Crippen LogP contribution in [0.2, 0.25) is 0 Å².